The predicted octanol–water partition coefficient (Wildman–Crippen LogP) is 2.91. The molecule has 62 valence electrons. The van der Waals surface area contributed by atoms with Crippen LogP contribution in [-0.4, -0.2) is 0 Å². The summed E-state index contributed by atoms with van der Waals surface area (Å²) < 4.78 is 0. The summed E-state index contributed by atoms with van der Waals surface area (Å²) in [6.07, 6.45) is 0. The zero-order valence-corrected chi connectivity index (χ0v) is 7.94. The van der Waals surface area contributed by atoms with Crippen LogP contribution in [0.4, 0.5) is 0 Å². The summed E-state index contributed by atoms with van der Waals surface area (Å²) in [5.74, 6) is 0.507. The van der Waals surface area contributed by atoms with Crippen LogP contribution in [0.25, 0.3) is 0 Å². The molecule has 1 aromatic rings. The minimum atomic E-state index is 0.507. The van der Waals surface area contributed by atoms with Gasteiger partial charge in [-0.1, -0.05) is 12.1 Å². The first kappa shape index (κ1) is 9.09. The highest BCUT2D eigenvalue weighted by atomic mass is 35.5. The van der Waals surface area contributed by atoms with Crippen LogP contribution < -0.4 is 0 Å². The molecular weight excluding hydrogens is 170 g/mol. The zero-order valence-electron chi connectivity index (χ0n) is 7.19. The fraction of sp³-hybridized carbons (Fsp3) is 0.300. The van der Waals surface area contributed by atoms with Crippen LogP contribution in [0.3, 0.4) is 0 Å². The van der Waals surface area contributed by atoms with Crippen LogP contribution in [0, 0.1) is 25.2 Å². The summed E-state index contributed by atoms with van der Waals surface area (Å²) in [7, 11) is 0. The van der Waals surface area contributed by atoms with Crippen molar-refractivity contribution in [1.82, 2.24) is 0 Å². The number of hydrogen-bond acceptors (Lipinski definition) is 1. The molecule has 0 saturated carbocycles. The molecule has 0 fully saturated rings. The van der Waals surface area contributed by atoms with Crippen molar-refractivity contribution in [3.63, 3.8) is 0 Å². The molecule has 0 heterocycles. The van der Waals surface area contributed by atoms with Gasteiger partial charge in [0.05, 0.1) is 11.6 Å². The number of benzene rings is 1. The van der Waals surface area contributed by atoms with Crippen molar-refractivity contribution in [3.05, 3.63) is 34.4 Å². The van der Waals surface area contributed by atoms with Crippen molar-refractivity contribution in [2.45, 2.75) is 19.7 Å². The van der Waals surface area contributed by atoms with E-state index < -0.39 is 0 Å². The predicted molar refractivity (Wildman–Crippen MR) is 50.2 cm³/mol. The van der Waals surface area contributed by atoms with Gasteiger partial charge in [0.1, 0.15) is 0 Å². The van der Waals surface area contributed by atoms with Crippen molar-refractivity contribution in [1.29, 1.82) is 5.26 Å². The van der Waals surface area contributed by atoms with Gasteiger partial charge in [-0.2, -0.15) is 5.26 Å². The largest absolute Gasteiger partial charge is 0.192 e. The maximum Gasteiger partial charge on any atom is 0.0997 e. The van der Waals surface area contributed by atoms with E-state index in [2.05, 4.69) is 6.07 Å². The molecule has 0 aliphatic heterocycles. The lowest BCUT2D eigenvalue weighted by atomic mass is 10.0. The minimum Gasteiger partial charge on any atom is -0.192 e. The van der Waals surface area contributed by atoms with Crippen molar-refractivity contribution in [3.8, 4) is 6.07 Å². The molecule has 0 N–H and O–H groups in total. The SMILES string of the molecule is Cc1cc(CCl)cc(C)c1C#N. The number of hydrogen-bond donors (Lipinski definition) is 0. The summed E-state index contributed by atoms with van der Waals surface area (Å²) in [6.45, 7) is 3.86. The monoisotopic (exact) mass is 179 g/mol. The third-order valence-corrected chi connectivity index (χ3v) is 2.17. The van der Waals surface area contributed by atoms with E-state index >= 15 is 0 Å². The van der Waals surface area contributed by atoms with E-state index in [-0.39, 0.29) is 0 Å². The number of nitriles is 1. The van der Waals surface area contributed by atoms with Gasteiger partial charge in [-0.15, -0.1) is 11.6 Å². The first-order chi connectivity index (χ1) is 5.69. The smallest absolute Gasteiger partial charge is 0.0997 e. The lowest BCUT2D eigenvalue weighted by Gasteiger charge is -2.04. The molecule has 0 radical (unpaired) electrons. The van der Waals surface area contributed by atoms with Crippen LogP contribution in [0.5, 0.6) is 0 Å². The maximum atomic E-state index is 8.78. The van der Waals surface area contributed by atoms with Gasteiger partial charge in [0.2, 0.25) is 0 Å². The summed E-state index contributed by atoms with van der Waals surface area (Å²) in [5.41, 5.74) is 3.86. The van der Waals surface area contributed by atoms with Gasteiger partial charge >= 0.3 is 0 Å². The van der Waals surface area contributed by atoms with E-state index in [4.69, 9.17) is 16.9 Å². The highest BCUT2D eigenvalue weighted by Crippen LogP contribution is 2.16. The Morgan fingerprint density at radius 1 is 1.33 bits per heavy atom. The third kappa shape index (κ3) is 1.60. The maximum absolute atomic E-state index is 8.78. The fourth-order valence-electron chi connectivity index (χ4n) is 1.31. The van der Waals surface area contributed by atoms with Crippen molar-refractivity contribution in [2.24, 2.45) is 0 Å². The number of nitrogens with zero attached hydrogens (tertiary/aromatic N) is 1. The van der Waals surface area contributed by atoms with Gasteiger partial charge in [0.25, 0.3) is 0 Å². The first-order valence-corrected chi connectivity index (χ1v) is 4.28. The molecule has 1 rings (SSSR count). The third-order valence-electron chi connectivity index (χ3n) is 1.86. The topological polar surface area (TPSA) is 23.8 Å². The van der Waals surface area contributed by atoms with Gasteiger partial charge in [-0.05, 0) is 30.5 Å². The molecule has 0 atom stereocenters. The molecule has 0 unspecified atom stereocenters. The lowest BCUT2D eigenvalue weighted by Crippen LogP contribution is -1.90. The second kappa shape index (κ2) is 3.60. The molecule has 0 aliphatic carbocycles. The Hall–Kier alpha value is -1.00. The molecule has 0 aromatic heterocycles. The Kier molecular flexibility index (Phi) is 2.73. The van der Waals surface area contributed by atoms with E-state index in [1.807, 2.05) is 26.0 Å². The zero-order chi connectivity index (χ0) is 9.14. The first-order valence-electron chi connectivity index (χ1n) is 3.75. The van der Waals surface area contributed by atoms with Gasteiger partial charge in [0.15, 0.2) is 0 Å². The fourth-order valence-corrected chi connectivity index (χ4v) is 1.46. The van der Waals surface area contributed by atoms with Gasteiger partial charge in [0, 0.05) is 5.88 Å². The highest BCUT2D eigenvalue weighted by molar-refractivity contribution is 6.17. The average molecular weight is 180 g/mol. The van der Waals surface area contributed by atoms with Gasteiger partial charge in [-0.3, -0.25) is 0 Å². The van der Waals surface area contributed by atoms with Crippen molar-refractivity contribution < 1.29 is 0 Å². The molecule has 0 bridgehead atoms. The lowest BCUT2D eigenvalue weighted by molar-refractivity contribution is 1.26. The Bertz CT molecular complexity index is 313. The van der Waals surface area contributed by atoms with E-state index in [0.29, 0.717) is 5.88 Å². The van der Waals surface area contributed by atoms with E-state index in [1.165, 1.54) is 0 Å². The second-order valence-corrected chi connectivity index (χ2v) is 3.12. The molecule has 1 nitrogen and oxygen atoms in total. The summed E-state index contributed by atoms with van der Waals surface area (Å²) in [6, 6.07) is 6.09. The molecular formula is C10H10ClN. The standard InChI is InChI=1S/C10H10ClN/c1-7-3-9(5-11)4-8(2)10(7)6-12/h3-4H,5H2,1-2H3. The molecule has 0 amide bonds. The number of aryl methyl sites for hydroxylation is 2. The Labute approximate surface area is 77.6 Å². The molecule has 12 heavy (non-hydrogen) atoms. The van der Waals surface area contributed by atoms with Crippen LogP contribution >= 0.6 is 11.6 Å². The normalized spacial score (nSPS) is 9.50. The quantitative estimate of drug-likeness (QED) is 0.609. The summed E-state index contributed by atoms with van der Waals surface area (Å²) >= 11 is 5.68. The molecule has 0 aliphatic rings. The van der Waals surface area contributed by atoms with Crippen LogP contribution in [-0.2, 0) is 5.88 Å². The molecule has 0 saturated heterocycles. The minimum absolute atomic E-state index is 0.507. The van der Waals surface area contributed by atoms with Gasteiger partial charge in [-0.25, -0.2) is 0 Å². The Balaban J connectivity index is 3.30. The number of alkyl halides is 1. The molecule has 2 heteroatoms. The van der Waals surface area contributed by atoms with E-state index in [1.54, 1.807) is 0 Å². The Morgan fingerprint density at radius 3 is 2.17 bits per heavy atom. The highest BCUT2D eigenvalue weighted by Gasteiger charge is 2.02. The summed E-state index contributed by atoms with van der Waals surface area (Å²) in [4.78, 5) is 0. The average Bonchev–Trinajstić information content (AvgIpc) is 2.03. The summed E-state index contributed by atoms with van der Waals surface area (Å²) in [5, 5.41) is 8.78. The number of halogens is 1. The van der Waals surface area contributed by atoms with Crippen LogP contribution in [0.1, 0.15) is 22.3 Å². The Morgan fingerprint density at radius 2 is 1.83 bits per heavy atom. The van der Waals surface area contributed by atoms with Crippen molar-refractivity contribution >= 4 is 11.6 Å². The number of rotatable bonds is 1. The molecule has 0 spiro atoms. The van der Waals surface area contributed by atoms with Crippen LogP contribution in [0.2, 0.25) is 0 Å². The van der Waals surface area contributed by atoms with Crippen LogP contribution in [0.15, 0.2) is 12.1 Å². The van der Waals surface area contributed by atoms with E-state index in [9.17, 15) is 0 Å². The van der Waals surface area contributed by atoms with Gasteiger partial charge < -0.3 is 0 Å². The molecule has 1 aromatic carbocycles. The van der Waals surface area contributed by atoms with Crippen molar-refractivity contribution in [2.75, 3.05) is 0 Å². The van der Waals surface area contributed by atoms with E-state index in [0.717, 1.165) is 22.3 Å². The second-order valence-electron chi connectivity index (χ2n) is 2.85.